The van der Waals surface area contributed by atoms with Crippen LogP contribution in [0.2, 0.25) is 0 Å². The van der Waals surface area contributed by atoms with E-state index in [9.17, 15) is 0 Å². The van der Waals surface area contributed by atoms with Crippen molar-refractivity contribution in [1.82, 2.24) is 14.7 Å². The second-order valence-electron chi connectivity index (χ2n) is 7.14. The van der Waals surface area contributed by atoms with Crippen molar-refractivity contribution < 1.29 is 0 Å². The summed E-state index contributed by atoms with van der Waals surface area (Å²) in [6, 6.07) is 0. The summed E-state index contributed by atoms with van der Waals surface area (Å²) < 4.78 is 2.03. The largest absolute Gasteiger partial charge is 0.299 e. The molecule has 2 heterocycles. The first-order valence-electron chi connectivity index (χ1n) is 7.76. The minimum atomic E-state index is 0.455. The van der Waals surface area contributed by atoms with Crippen LogP contribution in [0.4, 0.5) is 0 Å². The van der Waals surface area contributed by atoms with Gasteiger partial charge in [-0.25, -0.2) is 0 Å². The van der Waals surface area contributed by atoms with Gasteiger partial charge in [0, 0.05) is 17.8 Å². The standard InChI is InChI=1S/C17H29N3/c1-6-9-20-14(2)15(12-18-20)13-19-10-7-16(8-11-19)17(3,4)5/h6,12,16H,1,7-11,13H2,2-5H3. The third-order valence-electron chi connectivity index (χ3n) is 4.71. The highest BCUT2D eigenvalue weighted by Gasteiger charge is 2.28. The molecular weight excluding hydrogens is 246 g/mol. The number of nitrogens with zero attached hydrogens (tertiary/aromatic N) is 3. The lowest BCUT2D eigenvalue weighted by atomic mass is 9.75. The monoisotopic (exact) mass is 275 g/mol. The zero-order chi connectivity index (χ0) is 14.8. The molecule has 1 aromatic heterocycles. The van der Waals surface area contributed by atoms with Gasteiger partial charge in [-0.05, 0) is 44.2 Å². The van der Waals surface area contributed by atoms with Gasteiger partial charge in [-0.15, -0.1) is 6.58 Å². The number of hydrogen-bond donors (Lipinski definition) is 0. The Hall–Kier alpha value is -1.09. The molecule has 1 saturated heterocycles. The Bertz CT molecular complexity index is 445. The molecule has 0 atom stereocenters. The van der Waals surface area contributed by atoms with E-state index in [0.29, 0.717) is 5.41 Å². The van der Waals surface area contributed by atoms with Gasteiger partial charge in [-0.1, -0.05) is 26.8 Å². The molecule has 2 rings (SSSR count). The molecule has 0 radical (unpaired) electrons. The molecular formula is C17H29N3. The van der Waals surface area contributed by atoms with Crippen LogP contribution in [0.5, 0.6) is 0 Å². The number of aromatic nitrogens is 2. The van der Waals surface area contributed by atoms with Crippen LogP contribution < -0.4 is 0 Å². The number of rotatable bonds is 4. The molecule has 0 aliphatic carbocycles. The van der Waals surface area contributed by atoms with Crippen LogP contribution >= 0.6 is 0 Å². The van der Waals surface area contributed by atoms with Crippen molar-refractivity contribution in [2.24, 2.45) is 11.3 Å². The van der Waals surface area contributed by atoms with Crippen LogP contribution in [0.1, 0.15) is 44.9 Å². The molecule has 112 valence electrons. The summed E-state index contributed by atoms with van der Waals surface area (Å²) in [6.07, 6.45) is 6.57. The lowest BCUT2D eigenvalue weighted by Crippen LogP contribution is -2.37. The molecule has 1 aliphatic rings. The molecule has 0 N–H and O–H groups in total. The van der Waals surface area contributed by atoms with Crippen LogP contribution in [0.15, 0.2) is 18.9 Å². The Morgan fingerprint density at radius 1 is 1.35 bits per heavy atom. The molecule has 0 amide bonds. The van der Waals surface area contributed by atoms with Crippen molar-refractivity contribution in [3.05, 3.63) is 30.1 Å². The van der Waals surface area contributed by atoms with E-state index in [-0.39, 0.29) is 0 Å². The normalized spacial score (nSPS) is 18.4. The Balaban J connectivity index is 1.91. The van der Waals surface area contributed by atoms with Crippen molar-refractivity contribution in [2.75, 3.05) is 13.1 Å². The second-order valence-corrected chi connectivity index (χ2v) is 7.14. The fourth-order valence-corrected chi connectivity index (χ4v) is 3.14. The van der Waals surface area contributed by atoms with Gasteiger partial charge >= 0.3 is 0 Å². The van der Waals surface area contributed by atoms with Crippen molar-refractivity contribution >= 4 is 0 Å². The Morgan fingerprint density at radius 3 is 2.55 bits per heavy atom. The van der Waals surface area contributed by atoms with Crippen molar-refractivity contribution in [2.45, 2.75) is 53.6 Å². The number of hydrogen-bond acceptors (Lipinski definition) is 2. The van der Waals surface area contributed by atoms with Crippen LogP contribution in [-0.2, 0) is 13.1 Å². The average Bonchev–Trinajstić information content (AvgIpc) is 2.72. The Morgan fingerprint density at radius 2 is 2.00 bits per heavy atom. The summed E-state index contributed by atoms with van der Waals surface area (Å²) in [4.78, 5) is 2.57. The third kappa shape index (κ3) is 3.51. The number of piperidine rings is 1. The van der Waals surface area contributed by atoms with E-state index in [0.717, 1.165) is 19.0 Å². The zero-order valence-corrected chi connectivity index (χ0v) is 13.5. The minimum Gasteiger partial charge on any atom is -0.299 e. The van der Waals surface area contributed by atoms with E-state index in [1.165, 1.54) is 37.2 Å². The summed E-state index contributed by atoms with van der Waals surface area (Å²) >= 11 is 0. The third-order valence-corrected chi connectivity index (χ3v) is 4.71. The minimum absolute atomic E-state index is 0.455. The predicted octanol–water partition coefficient (Wildman–Crippen LogP) is 3.64. The van der Waals surface area contributed by atoms with Gasteiger partial charge < -0.3 is 0 Å². The SMILES string of the molecule is C=CCn1ncc(CN2CCC(C(C)(C)C)CC2)c1C. The molecule has 0 unspecified atom stereocenters. The quantitative estimate of drug-likeness (QED) is 0.782. The molecule has 3 heteroatoms. The van der Waals surface area contributed by atoms with E-state index in [2.05, 4.69) is 44.3 Å². The zero-order valence-electron chi connectivity index (χ0n) is 13.5. The van der Waals surface area contributed by atoms with Crippen molar-refractivity contribution in [3.63, 3.8) is 0 Å². The first kappa shape index (κ1) is 15.3. The molecule has 20 heavy (non-hydrogen) atoms. The summed E-state index contributed by atoms with van der Waals surface area (Å²) in [6.45, 7) is 17.3. The molecule has 0 spiro atoms. The molecule has 0 saturated carbocycles. The van der Waals surface area contributed by atoms with E-state index >= 15 is 0 Å². The highest BCUT2D eigenvalue weighted by molar-refractivity contribution is 5.16. The van der Waals surface area contributed by atoms with Gasteiger partial charge in [-0.3, -0.25) is 9.58 Å². The van der Waals surface area contributed by atoms with Gasteiger partial charge in [0.15, 0.2) is 0 Å². The second kappa shape index (κ2) is 6.13. The average molecular weight is 275 g/mol. The maximum absolute atomic E-state index is 4.44. The topological polar surface area (TPSA) is 21.1 Å². The van der Waals surface area contributed by atoms with Crippen molar-refractivity contribution in [3.8, 4) is 0 Å². The summed E-state index contributed by atoms with van der Waals surface area (Å²) in [7, 11) is 0. The van der Waals surface area contributed by atoms with E-state index in [1.807, 2.05) is 17.0 Å². The molecule has 3 nitrogen and oxygen atoms in total. The van der Waals surface area contributed by atoms with Crippen LogP contribution in [0, 0.1) is 18.3 Å². The Labute approximate surface area is 123 Å². The van der Waals surface area contributed by atoms with Gasteiger partial charge in [-0.2, -0.15) is 5.10 Å². The molecule has 0 bridgehead atoms. The smallest absolute Gasteiger partial charge is 0.0590 e. The highest BCUT2D eigenvalue weighted by atomic mass is 15.3. The molecule has 1 aliphatic heterocycles. The maximum Gasteiger partial charge on any atom is 0.0590 e. The highest BCUT2D eigenvalue weighted by Crippen LogP contribution is 2.34. The van der Waals surface area contributed by atoms with Gasteiger partial charge in [0.05, 0.1) is 12.7 Å². The fraction of sp³-hybridized carbons (Fsp3) is 0.706. The van der Waals surface area contributed by atoms with E-state index in [1.54, 1.807) is 0 Å². The predicted molar refractivity (Wildman–Crippen MR) is 84.6 cm³/mol. The Kier molecular flexibility index (Phi) is 4.69. The first-order chi connectivity index (χ1) is 9.41. The van der Waals surface area contributed by atoms with Crippen LogP contribution in [-0.4, -0.2) is 27.8 Å². The van der Waals surface area contributed by atoms with E-state index < -0.39 is 0 Å². The number of allylic oxidation sites excluding steroid dienone is 1. The lowest BCUT2D eigenvalue weighted by Gasteiger charge is -2.38. The van der Waals surface area contributed by atoms with Crippen LogP contribution in [0.3, 0.4) is 0 Å². The fourth-order valence-electron chi connectivity index (χ4n) is 3.14. The summed E-state index contributed by atoms with van der Waals surface area (Å²) in [5.74, 6) is 0.864. The van der Waals surface area contributed by atoms with Crippen molar-refractivity contribution in [1.29, 1.82) is 0 Å². The molecule has 0 aromatic carbocycles. The van der Waals surface area contributed by atoms with Crippen LogP contribution in [0.25, 0.3) is 0 Å². The maximum atomic E-state index is 4.44. The first-order valence-corrected chi connectivity index (χ1v) is 7.76. The molecule has 1 fully saturated rings. The molecule has 1 aromatic rings. The number of likely N-dealkylation sites (tertiary alicyclic amines) is 1. The summed E-state index contributed by atoms with van der Waals surface area (Å²) in [5, 5.41) is 4.44. The van der Waals surface area contributed by atoms with Gasteiger partial charge in [0.25, 0.3) is 0 Å². The van der Waals surface area contributed by atoms with Gasteiger partial charge in [0.1, 0.15) is 0 Å². The lowest BCUT2D eigenvalue weighted by molar-refractivity contribution is 0.108. The van der Waals surface area contributed by atoms with Gasteiger partial charge in [0.2, 0.25) is 0 Å². The van der Waals surface area contributed by atoms with E-state index in [4.69, 9.17) is 0 Å². The summed E-state index contributed by atoms with van der Waals surface area (Å²) in [5.41, 5.74) is 3.10.